The third-order valence-corrected chi connectivity index (χ3v) is 16.1. The van der Waals surface area contributed by atoms with Crippen molar-refractivity contribution >= 4 is 22.7 Å². The molecule has 22 aliphatic heterocycles. The number of ether oxygens (including phenoxy) is 13. The second kappa shape index (κ2) is 25.5. The van der Waals surface area contributed by atoms with Crippen LogP contribution in [0.3, 0.4) is 0 Å². The van der Waals surface area contributed by atoms with Crippen molar-refractivity contribution in [3.8, 4) is 0 Å². The predicted octanol–water partition coefficient (Wildman–Crippen LogP) is -11.8. The van der Waals surface area contributed by atoms with Crippen LogP contribution in [0.1, 0.15) is 19.8 Å². The molecule has 0 saturated carbocycles. The van der Waals surface area contributed by atoms with Crippen LogP contribution in [0.4, 0.5) is 0 Å². The average Bonchev–Trinajstić information content (AvgIpc) is 3.38. The fourth-order valence-corrected chi connectivity index (χ4v) is 10.9. The van der Waals surface area contributed by atoms with Gasteiger partial charge >= 0.3 is 10.1 Å². The van der Waals surface area contributed by atoms with Crippen molar-refractivity contribution in [3.05, 3.63) is 0 Å². The predicted molar refractivity (Wildman–Crippen MR) is 233 cm³/mol. The molecule has 22 saturated heterocycles. The van der Waals surface area contributed by atoms with E-state index in [4.69, 9.17) is 61.6 Å². The number of aliphatic hydroxyl groups excluding tert-OH is 17. The topological polar surface area (TPSA) is 518 Å². The Bertz CT molecular complexity index is 1910. The van der Waals surface area contributed by atoms with Crippen LogP contribution in [0.15, 0.2) is 0 Å². The molecule has 0 radical (unpaired) electrons. The first-order chi connectivity index (χ1) is 35.4. The van der Waals surface area contributed by atoms with Gasteiger partial charge in [0.05, 0.1) is 39.6 Å². The molecule has 22 aliphatic rings. The molecule has 75 heavy (non-hydrogen) atoms. The molecule has 1 unspecified atom stereocenters. The maximum absolute atomic E-state index is 12.8. The lowest BCUT2D eigenvalue weighted by molar-refractivity contribution is -0.405. The standard InChI is InChI=1S/C40H68O33S2/c1-2-3-40(74,75(58,59)60)73-33-26(57)39-66-15(9-46)32(33)72-38-25(56)20(51)30(13(7-44)65-38)70-36-23(54)18(49)28(11(5-42)63-36)68-34-21(52)16(47)27(10(4-41)61-34)67-35-22(53)17(48)29(12(6-43)62-35)69-37-24(55)19(50)31(71-39)14(8-45)64-37/h10-39,41-57,74H,2-9H2,1H3,(H,58,59,60)/t10-,11-,12-,13-,14-,15-,16-,17-,18-,19-,20-,21-,22-,23-,24-,25-,26-,27-,28-,29-,30-,31-,32+,33-,34-,35-,36-,37-,38-,39-,40?/m1/s1. The molecule has 438 valence electrons. The SMILES string of the molecule is CCCC(S)(O[C@@H]1[C@@H](O)[C@H]2O[C@H]3[C@H](O)[C@@H](O)[C@@H](O[C@H]4[C@H](O)[C@@H](O)[C@@H](O[C@H]5[C@H](O)[C@@H](O)[C@@H](O[C@H]6[C@H](O)[C@@H](O)[C@@H](O[C@H]7[C@H](O)[C@@H](O)[C@@H](O[C@H]1[C@@H](CO)O2)O[C@@H]7CO)O[C@@H]6CO)O[C@@H]5CO)O[C@@H]4CO)O[C@@H]3CO)S(=O)(=O)O. The Kier molecular flexibility index (Phi) is 20.9. The minimum absolute atomic E-state index is 0.0636. The smallest absolute Gasteiger partial charge is 0.305 e. The van der Waals surface area contributed by atoms with Gasteiger partial charge in [0, 0.05) is 6.42 Å². The van der Waals surface area contributed by atoms with Gasteiger partial charge in [-0.1, -0.05) is 13.3 Å². The van der Waals surface area contributed by atoms with Gasteiger partial charge in [-0.3, -0.25) is 4.55 Å². The molecule has 18 N–H and O–H groups in total. The monoisotopic (exact) mass is 1140 g/mol. The third-order valence-electron chi connectivity index (χ3n) is 13.9. The lowest BCUT2D eigenvalue weighted by Crippen LogP contribution is -2.69. The van der Waals surface area contributed by atoms with E-state index in [1.165, 1.54) is 6.92 Å². The van der Waals surface area contributed by atoms with Crippen molar-refractivity contribution in [1.29, 1.82) is 0 Å². The van der Waals surface area contributed by atoms with E-state index >= 15 is 0 Å². The zero-order chi connectivity index (χ0) is 55.2. The number of hydrogen-bond acceptors (Lipinski definition) is 33. The lowest BCUT2D eigenvalue weighted by atomic mass is 9.94. The molecule has 0 aromatic heterocycles. The van der Waals surface area contributed by atoms with E-state index in [1.54, 1.807) is 0 Å². The Morgan fingerprint density at radius 2 is 0.587 bits per heavy atom. The van der Waals surface area contributed by atoms with E-state index in [0.717, 1.165) is 0 Å². The number of aliphatic hydroxyl groups is 17. The molecular weight excluding hydrogens is 1070 g/mol. The molecule has 0 spiro atoms. The van der Waals surface area contributed by atoms with Gasteiger partial charge in [-0.25, -0.2) is 0 Å². The van der Waals surface area contributed by atoms with Crippen LogP contribution in [0.25, 0.3) is 0 Å². The van der Waals surface area contributed by atoms with Crippen LogP contribution >= 0.6 is 12.6 Å². The van der Waals surface area contributed by atoms with Crippen LogP contribution in [0, 0.1) is 0 Å². The van der Waals surface area contributed by atoms with Crippen LogP contribution in [0.5, 0.6) is 0 Å². The van der Waals surface area contributed by atoms with Gasteiger partial charge < -0.3 is 148 Å². The summed E-state index contributed by atoms with van der Waals surface area (Å²) in [6, 6.07) is 0. The van der Waals surface area contributed by atoms with Crippen molar-refractivity contribution in [3.63, 3.8) is 0 Å². The van der Waals surface area contributed by atoms with Gasteiger partial charge in [-0.2, -0.15) is 8.42 Å². The highest BCUT2D eigenvalue weighted by Gasteiger charge is 2.60. The summed E-state index contributed by atoms with van der Waals surface area (Å²) in [7, 11) is -5.38. The van der Waals surface area contributed by atoms with Crippen molar-refractivity contribution in [2.45, 2.75) is 208 Å². The van der Waals surface area contributed by atoms with Crippen molar-refractivity contribution in [1.82, 2.24) is 0 Å². The fourth-order valence-electron chi connectivity index (χ4n) is 9.82. The van der Waals surface area contributed by atoms with Crippen LogP contribution in [0.2, 0.25) is 0 Å². The maximum Gasteiger partial charge on any atom is 0.305 e. The molecule has 22 rings (SSSR count). The highest BCUT2D eigenvalue weighted by molar-refractivity contribution is 8.02. The minimum atomic E-state index is -5.38. The number of rotatable bonds is 11. The molecule has 22 heterocycles. The van der Waals surface area contributed by atoms with E-state index < -0.39 is 245 Å². The summed E-state index contributed by atoms with van der Waals surface area (Å²) in [5, 5.41) is 188. The Morgan fingerprint density at radius 1 is 0.373 bits per heavy atom. The van der Waals surface area contributed by atoms with E-state index in [9.17, 15) is 99.8 Å². The molecule has 31 atom stereocenters. The van der Waals surface area contributed by atoms with Crippen molar-refractivity contribution < 1.29 is 161 Å². The summed E-state index contributed by atoms with van der Waals surface area (Å²) < 4.78 is 108. The Balaban J connectivity index is 1.26. The van der Waals surface area contributed by atoms with Gasteiger partial charge in [0.1, 0.15) is 146 Å². The molecule has 0 amide bonds. The molecular formula is C40H68O33S2. The summed E-state index contributed by atoms with van der Waals surface area (Å²) in [6.07, 6.45) is -62.5. The van der Waals surface area contributed by atoms with Crippen LogP contribution in [-0.4, -0.2) is 328 Å². The minimum Gasteiger partial charge on any atom is -0.394 e. The Hall–Kier alpha value is -0.940. The van der Waals surface area contributed by atoms with E-state index in [2.05, 4.69) is 12.6 Å². The highest BCUT2D eigenvalue weighted by atomic mass is 32.3. The largest absolute Gasteiger partial charge is 0.394 e. The zero-order valence-electron chi connectivity index (χ0n) is 39.5. The summed E-state index contributed by atoms with van der Waals surface area (Å²) in [4.78, 5) is 0. The Labute approximate surface area is 431 Å². The molecule has 0 aliphatic carbocycles. The average molecular weight is 1140 g/mol. The molecule has 12 bridgehead atoms. The second-order valence-electron chi connectivity index (χ2n) is 18.9. The van der Waals surface area contributed by atoms with Crippen molar-refractivity contribution in [2.75, 3.05) is 39.6 Å². The van der Waals surface area contributed by atoms with E-state index in [0.29, 0.717) is 0 Å². The van der Waals surface area contributed by atoms with E-state index in [-0.39, 0.29) is 6.42 Å². The molecule has 0 aromatic carbocycles. The maximum atomic E-state index is 12.8. The second-order valence-corrected chi connectivity index (χ2v) is 21.5. The van der Waals surface area contributed by atoms with Crippen molar-refractivity contribution in [2.24, 2.45) is 0 Å². The first-order valence-electron chi connectivity index (χ1n) is 23.8. The van der Waals surface area contributed by atoms with Gasteiger partial charge in [0.25, 0.3) is 0 Å². The lowest BCUT2D eigenvalue weighted by Gasteiger charge is -2.51. The number of thiol groups is 1. The molecule has 0 aromatic rings. The van der Waals surface area contributed by atoms with Gasteiger partial charge in [-0.15, -0.1) is 12.6 Å². The summed E-state index contributed by atoms with van der Waals surface area (Å²) in [5.41, 5.74) is 0. The van der Waals surface area contributed by atoms with Crippen LogP contribution < -0.4 is 0 Å². The molecule has 35 heteroatoms. The highest BCUT2D eigenvalue weighted by Crippen LogP contribution is 2.41. The molecule has 33 nitrogen and oxygen atoms in total. The zero-order valence-corrected chi connectivity index (χ0v) is 41.2. The quantitative estimate of drug-likeness (QED) is 0.0519. The normalized spacial score (nSPS) is 51.3. The summed E-state index contributed by atoms with van der Waals surface area (Å²) in [5.74, 6) is 0. The van der Waals surface area contributed by atoms with E-state index in [1.807, 2.05) is 0 Å². The first kappa shape index (κ1) is 61.7. The van der Waals surface area contributed by atoms with Crippen LogP contribution in [-0.2, 0) is 71.7 Å². The first-order valence-corrected chi connectivity index (χ1v) is 25.7. The third kappa shape index (κ3) is 12.3. The van der Waals surface area contributed by atoms with Gasteiger partial charge in [0.2, 0.25) is 4.27 Å². The van der Waals surface area contributed by atoms with Gasteiger partial charge in [-0.05, 0) is 0 Å². The number of hydrogen-bond donors (Lipinski definition) is 19. The Morgan fingerprint density at radius 3 is 0.800 bits per heavy atom. The summed E-state index contributed by atoms with van der Waals surface area (Å²) >= 11 is 4.07. The van der Waals surface area contributed by atoms with Gasteiger partial charge in [0.15, 0.2) is 37.7 Å². The fraction of sp³-hybridized carbons (Fsp3) is 1.00. The summed E-state index contributed by atoms with van der Waals surface area (Å²) in [6.45, 7) is -5.04. The molecule has 22 fully saturated rings.